The molecule has 5 heteroatoms. The molecule has 0 aromatic heterocycles. The average Bonchev–Trinajstić information content (AvgIpc) is 2.93. The van der Waals surface area contributed by atoms with Gasteiger partial charge in [0.1, 0.15) is 0 Å². The van der Waals surface area contributed by atoms with E-state index in [0.29, 0.717) is 12.5 Å². The molecule has 2 heterocycles. The molecule has 5 nitrogen and oxygen atoms in total. The van der Waals surface area contributed by atoms with Crippen molar-refractivity contribution in [2.75, 3.05) is 49.1 Å². The van der Waals surface area contributed by atoms with Gasteiger partial charge in [0.05, 0.1) is 18.3 Å². The third-order valence-electron chi connectivity index (χ3n) is 7.15. The van der Waals surface area contributed by atoms with Crippen LogP contribution >= 0.6 is 0 Å². The molecule has 1 aliphatic carbocycles. The number of nitriles is 1. The van der Waals surface area contributed by atoms with Gasteiger partial charge in [0.2, 0.25) is 0 Å². The Kier molecular flexibility index (Phi) is 5.35. The average molecular weight is 403 g/mol. The molecule has 0 atom stereocenters. The minimum atomic E-state index is 0.175. The highest BCUT2D eigenvalue weighted by molar-refractivity contribution is 6.26. The second-order valence-corrected chi connectivity index (χ2v) is 9.03. The lowest BCUT2D eigenvalue weighted by Gasteiger charge is -2.28. The number of nitrogens with zero attached hydrogens (tertiary/aromatic N) is 4. The van der Waals surface area contributed by atoms with E-state index in [1.54, 1.807) is 0 Å². The van der Waals surface area contributed by atoms with Gasteiger partial charge in [-0.15, -0.1) is 0 Å². The fourth-order valence-corrected chi connectivity index (χ4v) is 5.59. The summed E-state index contributed by atoms with van der Waals surface area (Å²) in [6.07, 6.45) is 7.47. The zero-order chi connectivity index (χ0) is 20.5. The lowest BCUT2D eigenvalue weighted by molar-refractivity contribution is 0.0987. The second-order valence-electron chi connectivity index (χ2n) is 9.03. The van der Waals surface area contributed by atoms with Crippen LogP contribution in [0.25, 0.3) is 10.8 Å². The molecule has 30 heavy (non-hydrogen) atoms. The lowest BCUT2D eigenvalue weighted by atomic mass is 9.89. The van der Waals surface area contributed by atoms with Crippen LogP contribution in [0.1, 0.15) is 48.9 Å². The van der Waals surface area contributed by atoms with E-state index >= 15 is 0 Å². The van der Waals surface area contributed by atoms with Gasteiger partial charge in [0.15, 0.2) is 0 Å². The molecule has 1 saturated heterocycles. The van der Waals surface area contributed by atoms with Crippen LogP contribution in [0, 0.1) is 17.2 Å². The van der Waals surface area contributed by atoms with Crippen LogP contribution in [0.3, 0.4) is 0 Å². The number of hydrogen-bond acceptors (Lipinski definition) is 4. The molecule has 2 aromatic rings. The molecule has 2 aliphatic heterocycles. The molecular weight excluding hydrogens is 372 g/mol. The van der Waals surface area contributed by atoms with Crippen molar-refractivity contribution < 1.29 is 4.79 Å². The Balaban J connectivity index is 1.46. The first-order valence-corrected chi connectivity index (χ1v) is 11.5. The molecule has 0 radical (unpaired) electrons. The Labute approximate surface area is 178 Å². The molecule has 1 saturated carbocycles. The summed E-state index contributed by atoms with van der Waals surface area (Å²) >= 11 is 0. The summed E-state index contributed by atoms with van der Waals surface area (Å²) in [5.41, 5.74) is 3.18. The van der Waals surface area contributed by atoms with Crippen molar-refractivity contribution in [3.63, 3.8) is 0 Å². The minimum Gasteiger partial charge on any atom is -0.370 e. The zero-order valence-corrected chi connectivity index (χ0v) is 17.6. The van der Waals surface area contributed by atoms with E-state index in [9.17, 15) is 4.79 Å². The fraction of sp³-hybridized carbons (Fsp3) is 0.520. The maximum Gasteiger partial charge on any atom is 0.259 e. The summed E-state index contributed by atoms with van der Waals surface area (Å²) in [6.45, 7) is 5.14. The lowest BCUT2D eigenvalue weighted by Crippen LogP contribution is -2.33. The van der Waals surface area contributed by atoms with Gasteiger partial charge in [-0.1, -0.05) is 31.4 Å². The van der Waals surface area contributed by atoms with Crippen molar-refractivity contribution in [2.45, 2.75) is 38.5 Å². The van der Waals surface area contributed by atoms with Gasteiger partial charge < -0.3 is 9.80 Å². The third kappa shape index (κ3) is 3.44. The first-order valence-electron chi connectivity index (χ1n) is 11.5. The standard InChI is InChI=1S/C25H30N4O/c26-12-15-27-13-5-14-28(17-16-27)22-10-11-23-24-20(22)8-4-9-21(24)25(30)29(23)18-19-6-2-1-3-7-19/h4,8-11,19H,1-3,5-7,13-18H2. The maximum atomic E-state index is 13.3. The van der Waals surface area contributed by atoms with E-state index in [0.717, 1.165) is 55.8 Å². The third-order valence-corrected chi connectivity index (χ3v) is 7.15. The molecule has 1 amide bonds. The fourth-order valence-electron chi connectivity index (χ4n) is 5.59. The second kappa shape index (κ2) is 8.28. The number of carbonyl (C=O) groups is 1. The number of carbonyl (C=O) groups excluding carboxylic acids is 1. The topological polar surface area (TPSA) is 50.6 Å². The smallest absolute Gasteiger partial charge is 0.259 e. The monoisotopic (exact) mass is 402 g/mol. The first kappa shape index (κ1) is 19.4. The largest absolute Gasteiger partial charge is 0.370 e. The Hall–Kier alpha value is -2.58. The number of anilines is 2. The van der Waals surface area contributed by atoms with Crippen LogP contribution in [-0.2, 0) is 0 Å². The summed E-state index contributed by atoms with van der Waals surface area (Å²) in [6, 6.07) is 12.9. The minimum absolute atomic E-state index is 0.175. The molecule has 5 rings (SSSR count). The van der Waals surface area contributed by atoms with E-state index < -0.39 is 0 Å². The van der Waals surface area contributed by atoms with Crippen molar-refractivity contribution in [3.8, 4) is 6.07 Å². The number of benzene rings is 2. The van der Waals surface area contributed by atoms with Crippen LogP contribution in [0.15, 0.2) is 30.3 Å². The first-order chi connectivity index (χ1) is 14.8. The number of rotatable bonds is 4. The molecule has 3 aliphatic rings. The number of amides is 1. The van der Waals surface area contributed by atoms with E-state index in [1.807, 2.05) is 12.1 Å². The van der Waals surface area contributed by atoms with E-state index in [1.165, 1.54) is 43.2 Å². The molecule has 0 bridgehead atoms. The SMILES string of the molecule is N#CCN1CCCN(c2ccc3c4c(cccc24)C(=O)N3CC2CCCCC2)CC1. The predicted octanol–water partition coefficient (Wildman–Crippen LogP) is 4.42. The highest BCUT2D eigenvalue weighted by atomic mass is 16.2. The van der Waals surface area contributed by atoms with E-state index in [-0.39, 0.29) is 5.91 Å². The van der Waals surface area contributed by atoms with Crippen molar-refractivity contribution in [1.82, 2.24) is 4.90 Å². The Bertz CT molecular complexity index is 989. The molecule has 2 fully saturated rings. The van der Waals surface area contributed by atoms with Crippen molar-refractivity contribution >= 4 is 28.1 Å². The summed E-state index contributed by atoms with van der Waals surface area (Å²) in [5.74, 6) is 0.804. The Morgan fingerprint density at radius 2 is 1.77 bits per heavy atom. The molecule has 0 N–H and O–H groups in total. The summed E-state index contributed by atoms with van der Waals surface area (Å²) in [5, 5.41) is 11.4. The van der Waals surface area contributed by atoms with Crippen LogP contribution in [0.4, 0.5) is 11.4 Å². The number of hydrogen-bond donors (Lipinski definition) is 0. The van der Waals surface area contributed by atoms with Gasteiger partial charge in [-0.05, 0) is 43.4 Å². The van der Waals surface area contributed by atoms with E-state index in [4.69, 9.17) is 5.26 Å². The highest BCUT2D eigenvalue weighted by Crippen LogP contribution is 2.42. The normalized spacial score (nSPS) is 20.6. The van der Waals surface area contributed by atoms with Gasteiger partial charge >= 0.3 is 0 Å². The van der Waals surface area contributed by atoms with Crippen LogP contribution < -0.4 is 9.80 Å². The Morgan fingerprint density at radius 1 is 0.933 bits per heavy atom. The summed E-state index contributed by atoms with van der Waals surface area (Å²) in [4.78, 5) is 20.0. The van der Waals surface area contributed by atoms with Crippen LogP contribution in [0.5, 0.6) is 0 Å². The quantitative estimate of drug-likeness (QED) is 0.711. The molecule has 0 spiro atoms. The van der Waals surface area contributed by atoms with Gasteiger partial charge in [0, 0.05) is 54.7 Å². The molecular formula is C25H30N4O. The van der Waals surface area contributed by atoms with Crippen molar-refractivity contribution in [1.29, 1.82) is 5.26 Å². The van der Waals surface area contributed by atoms with Crippen LogP contribution in [0.2, 0.25) is 0 Å². The van der Waals surface area contributed by atoms with Gasteiger partial charge in [-0.25, -0.2) is 0 Å². The molecule has 156 valence electrons. The van der Waals surface area contributed by atoms with Crippen molar-refractivity contribution in [3.05, 3.63) is 35.9 Å². The van der Waals surface area contributed by atoms with E-state index in [2.05, 4.69) is 39.0 Å². The zero-order valence-electron chi connectivity index (χ0n) is 17.6. The Morgan fingerprint density at radius 3 is 2.60 bits per heavy atom. The summed E-state index contributed by atoms with van der Waals surface area (Å²) in [7, 11) is 0. The molecule has 0 unspecified atom stereocenters. The molecule has 2 aromatic carbocycles. The summed E-state index contributed by atoms with van der Waals surface area (Å²) < 4.78 is 0. The van der Waals surface area contributed by atoms with Crippen molar-refractivity contribution in [2.24, 2.45) is 5.92 Å². The predicted molar refractivity (Wildman–Crippen MR) is 121 cm³/mol. The van der Waals surface area contributed by atoms with Crippen LogP contribution in [-0.4, -0.2) is 50.1 Å². The van der Waals surface area contributed by atoms with Gasteiger partial charge in [-0.2, -0.15) is 5.26 Å². The van der Waals surface area contributed by atoms with Gasteiger partial charge in [0.25, 0.3) is 5.91 Å². The maximum absolute atomic E-state index is 13.3. The highest BCUT2D eigenvalue weighted by Gasteiger charge is 2.33. The van der Waals surface area contributed by atoms with Gasteiger partial charge in [-0.3, -0.25) is 9.69 Å².